The molecule has 1 atom stereocenters. The number of aliphatic hydroxyl groups excluding tert-OH is 1. The van der Waals surface area contributed by atoms with Crippen molar-refractivity contribution in [3.8, 4) is 5.75 Å². The SMILES string of the molecule is Cc1ccc(OCC(O)Cn2c(SCC(=O)O)nc3c2c(=O)[nH]c(=O)n3C)cc1. The number of nitrogens with zero attached hydrogens (tertiary/aromatic N) is 3. The number of benzene rings is 1. The summed E-state index contributed by atoms with van der Waals surface area (Å²) >= 11 is 0.894. The average Bonchev–Trinajstić information content (AvgIpc) is 3.03. The molecule has 3 aromatic rings. The van der Waals surface area contributed by atoms with E-state index in [9.17, 15) is 19.5 Å². The molecule has 1 unspecified atom stereocenters. The highest BCUT2D eigenvalue weighted by Crippen LogP contribution is 2.22. The molecule has 1 aromatic carbocycles. The monoisotopic (exact) mass is 420 g/mol. The zero-order valence-corrected chi connectivity index (χ0v) is 16.6. The quantitative estimate of drug-likeness (QED) is 0.444. The Morgan fingerprint density at radius 1 is 1.31 bits per heavy atom. The van der Waals surface area contributed by atoms with Crippen molar-refractivity contribution in [2.24, 2.45) is 7.05 Å². The number of rotatable bonds is 8. The number of aryl methyl sites for hydroxylation is 2. The van der Waals surface area contributed by atoms with Crippen LogP contribution in [0.4, 0.5) is 0 Å². The summed E-state index contributed by atoms with van der Waals surface area (Å²) in [5.41, 5.74) is -0.0324. The molecule has 0 amide bonds. The van der Waals surface area contributed by atoms with E-state index in [1.54, 1.807) is 12.1 Å². The zero-order chi connectivity index (χ0) is 21.1. The lowest BCUT2D eigenvalue weighted by Crippen LogP contribution is -2.30. The van der Waals surface area contributed by atoms with Crippen LogP contribution in [0.1, 0.15) is 5.56 Å². The van der Waals surface area contributed by atoms with Gasteiger partial charge in [-0.2, -0.15) is 0 Å². The number of carboxylic acid groups (broad SMARTS) is 1. The Morgan fingerprint density at radius 3 is 2.66 bits per heavy atom. The number of nitrogens with one attached hydrogen (secondary N) is 1. The van der Waals surface area contributed by atoms with Gasteiger partial charge < -0.3 is 19.5 Å². The van der Waals surface area contributed by atoms with Crippen LogP contribution < -0.4 is 16.0 Å². The van der Waals surface area contributed by atoms with Crippen LogP contribution in [0.25, 0.3) is 11.2 Å². The Bertz CT molecular complexity index is 1150. The summed E-state index contributed by atoms with van der Waals surface area (Å²) in [5.74, 6) is -0.754. The van der Waals surface area contributed by atoms with E-state index in [1.165, 1.54) is 11.6 Å². The van der Waals surface area contributed by atoms with Crippen molar-refractivity contribution in [1.82, 2.24) is 19.1 Å². The van der Waals surface area contributed by atoms with Crippen LogP contribution in [-0.2, 0) is 18.4 Å². The molecular formula is C18H20N4O6S. The molecule has 11 heteroatoms. The van der Waals surface area contributed by atoms with Crippen LogP contribution in [-0.4, -0.2) is 53.7 Å². The van der Waals surface area contributed by atoms with Crippen molar-refractivity contribution in [2.75, 3.05) is 12.4 Å². The van der Waals surface area contributed by atoms with Gasteiger partial charge in [0.15, 0.2) is 16.3 Å². The van der Waals surface area contributed by atoms with Gasteiger partial charge in [-0.3, -0.25) is 19.1 Å². The fourth-order valence-electron chi connectivity index (χ4n) is 2.71. The number of carbonyl (C=O) groups is 1. The maximum Gasteiger partial charge on any atom is 0.329 e. The topological polar surface area (TPSA) is 139 Å². The number of fused-ring (bicyclic) bond motifs is 1. The molecule has 0 spiro atoms. The highest BCUT2D eigenvalue weighted by atomic mass is 32.2. The minimum Gasteiger partial charge on any atom is -0.491 e. The number of aromatic amines is 1. The van der Waals surface area contributed by atoms with E-state index >= 15 is 0 Å². The first kappa shape index (κ1) is 20.7. The Balaban J connectivity index is 1.89. The highest BCUT2D eigenvalue weighted by molar-refractivity contribution is 7.99. The van der Waals surface area contributed by atoms with E-state index in [0.717, 1.165) is 21.9 Å². The molecular weight excluding hydrogens is 400 g/mol. The first-order valence-corrected chi connectivity index (χ1v) is 9.66. The van der Waals surface area contributed by atoms with Crippen LogP contribution in [0, 0.1) is 6.92 Å². The lowest BCUT2D eigenvalue weighted by molar-refractivity contribution is -0.133. The Labute approximate surface area is 168 Å². The predicted octanol–water partition coefficient (Wildman–Crippen LogP) is 0.348. The van der Waals surface area contributed by atoms with Gasteiger partial charge in [0.2, 0.25) is 0 Å². The Hall–Kier alpha value is -3.05. The molecule has 0 saturated heterocycles. The number of imidazole rings is 1. The van der Waals surface area contributed by atoms with Gasteiger partial charge in [0.25, 0.3) is 5.56 Å². The Morgan fingerprint density at radius 2 is 2.00 bits per heavy atom. The molecule has 3 N–H and O–H groups in total. The first-order valence-electron chi connectivity index (χ1n) is 8.68. The molecule has 0 fully saturated rings. The summed E-state index contributed by atoms with van der Waals surface area (Å²) in [6.07, 6.45) is -1.01. The van der Waals surface area contributed by atoms with E-state index in [0.29, 0.717) is 5.75 Å². The van der Waals surface area contributed by atoms with E-state index in [1.807, 2.05) is 19.1 Å². The van der Waals surface area contributed by atoms with Gasteiger partial charge in [-0.1, -0.05) is 29.5 Å². The molecule has 3 rings (SSSR count). The van der Waals surface area contributed by atoms with E-state index in [4.69, 9.17) is 9.84 Å². The van der Waals surface area contributed by atoms with E-state index in [-0.39, 0.29) is 35.2 Å². The van der Waals surface area contributed by atoms with Gasteiger partial charge in [-0.05, 0) is 19.1 Å². The maximum atomic E-state index is 12.3. The van der Waals surface area contributed by atoms with Crippen molar-refractivity contribution in [1.29, 1.82) is 0 Å². The number of aromatic nitrogens is 4. The van der Waals surface area contributed by atoms with Gasteiger partial charge in [-0.15, -0.1) is 0 Å². The normalized spacial score (nSPS) is 12.2. The first-order chi connectivity index (χ1) is 13.8. The minimum atomic E-state index is -1.06. The van der Waals surface area contributed by atoms with Crippen LogP contribution in [0.15, 0.2) is 39.0 Å². The number of hydrogen-bond acceptors (Lipinski definition) is 7. The number of hydrogen-bond donors (Lipinski definition) is 3. The smallest absolute Gasteiger partial charge is 0.329 e. The number of aliphatic hydroxyl groups is 1. The summed E-state index contributed by atoms with van der Waals surface area (Å²) in [7, 11) is 1.44. The number of aliphatic carboxylic acids is 1. The maximum absolute atomic E-state index is 12.3. The van der Waals surface area contributed by atoms with Crippen LogP contribution in [0.5, 0.6) is 5.75 Å². The van der Waals surface area contributed by atoms with Crippen molar-refractivity contribution < 1.29 is 19.7 Å². The number of carboxylic acids is 1. The summed E-state index contributed by atoms with van der Waals surface area (Å²) in [6.45, 7) is 1.84. The molecule has 10 nitrogen and oxygen atoms in total. The lowest BCUT2D eigenvalue weighted by atomic mass is 10.2. The van der Waals surface area contributed by atoms with E-state index in [2.05, 4.69) is 9.97 Å². The third-order valence-corrected chi connectivity index (χ3v) is 5.11. The zero-order valence-electron chi connectivity index (χ0n) is 15.8. The molecule has 2 aromatic heterocycles. The molecule has 29 heavy (non-hydrogen) atoms. The standard InChI is InChI=1S/C18H20N4O6S/c1-10-3-5-12(6-4-10)28-8-11(23)7-22-14-15(19-18(22)29-9-13(24)25)21(2)17(27)20-16(14)26/h3-6,11,23H,7-9H2,1-2H3,(H,24,25)(H,20,26,27). The summed E-state index contributed by atoms with van der Waals surface area (Å²) in [6, 6.07) is 7.32. The average molecular weight is 420 g/mol. The number of ether oxygens (including phenoxy) is 1. The van der Waals surface area contributed by atoms with Crippen molar-refractivity contribution in [2.45, 2.75) is 24.7 Å². The molecule has 2 heterocycles. The third kappa shape index (κ3) is 4.69. The predicted molar refractivity (Wildman–Crippen MR) is 107 cm³/mol. The molecule has 0 saturated carbocycles. The largest absolute Gasteiger partial charge is 0.491 e. The molecule has 0 aliphatic rings. The second-order valence-electron chi connectivity index (χ2n) is 6.46. The lowest BCUT2D eigenvalue weighted by Gasteiger charge is -2.15. The second-order valence-corrected chi connectivity index (χ2v) is 7.40. The summed E-state index contributed by atoms with van der Waals surface area (Å²) in [4.78, 5) is 41.6. The minimum absolute atomic E-state index is 0.0462. The van der Waals surface area contributed by atoms with Gasteiger partial charge in [0.05, 0.1) is 12.3 Å². The fraction of sp³-hybridized carbons (Fsp3) is 0.333. The molecule has 0 radical (unpaired) electrons. The summed E-state index contributed by atoms with van der Waals surface area (Å²) < 4.78 is 8.14. The second kappa shape index (κ2) is 8.53. The van der Waals surface area contributed by atoms with Crippen molar-refractivity contribution >= 4 is 28.9 Å². The Kier molecular flexibility index (Phi) is 6.09. The number of H-pyrrole nitrogens is 1. The molecule has 0 aliphatic heterocycles. The molecule has 0 aliphatic carbocycles. The fourth-order valence-corrected chi connectivity index (χ4v) is 3.44. The van der Waals surface area contributed by atoms with E-state index < -0.39 is 23.3 Å². The molecule has 0 bridgehead atoms. The van der Waals surface area contributed by atoms with Gasteiger partial charge in [0.1, 0.15) is 18.5 Å². The van der Waals surface area contributed by atoms with Crippen molar-refractivity contribution in [3.05, 3.63) is 50.7 Å². The highest BCUT2D eigenvalue weighted by Gasteiger charge is 2.20. The van der Waals surface area contributed by atoms with Gasteiger partial charge in [-0.25, -0.2) is 9.78 Å². The third-order valence-electron chi connectivity index (χ3n) is 4.15. The van der Waals surface area contributed by atoms with Crippen LogP contribution >= 0.6 is 11.8 Å². The van der Waals surface area contributed by atoms with Crippen LogP contribution in [0.3, 0.4) is 0 Å². The van der Waals surface area contributed by atoms with Gasteiger partial charge in [0, 0.05) is 7.05 Å². The molecule has 154 valence electrons. The number of thioether (sulfide) groups is 1. The van der Waals surface area contributed by atoms with Crippen LogP contribution in [0.2, 0.25) is 0 Å². The van der Waals surface area contributed by atoms with Gasteiger partial charge >= 0.3 is 11.7 Å². The summed E-state index contributed by atoms with van der Waals surface area (Å²) in [5, 5.41) is 19.6. The van der Waals surface area contributed by atoms with Crippen molar-refractivity contribution in [3.63, 3.8) is 0 Å².